The number of H-pyrrole nitrogens is 2. The smallest absolute Gasteiger partial charge is 0.407 e. The van der Waals surface area contributed by atoms with E-state index in [1.165, 1.54) is 14.2 Å². The molecule has 3 aliphatic rings. The second-order valence-corrected chi connectivity index (χ2v) is 19.4. The summed E-state index contributed by atoms with van der Waals surface area (Å²) >= 11 is 0. The van der Waals surface area contributed by atoms with Gasteiger partial charge in [-0.05, 0) is 90.0 Å². The number of hydrogen-bond acceptors (Lipinski definition) is 10. The van der Waals surface area contributed by atoms with Crippen LogP contribution in [0.4, 0.5) is 9.59 Å². The van der Waals surface area contributed by atoms with Crippen LogP contribution in [0, 0.1) is 11.8 Å². The number of imidazole rings is 2. The third-order valence-corrected chi connectivity index (χ3v) is 14.5. The zero-order valence-electron chi connectivity index (χ0n) is 35.9. The van der Waals surface area contributed by atoms with Crippen molar-refractivity contribution < 1.29 is 37.1 Å². The Morgan fingerprint density at radius 3 is 1.73 bits per heavy atom. The van der Waals surface area contributed by atoms with E-state index in [9.17, 15) is 27.6 Å². The molecule has 63 heavy (non-hydrogen) atoms. The van der Waals surface area contributed by atoms with Crippen LogP contribution in [0.1, 0.15) is 76.1 Å². The lowest BCUT2D eigenvalue weighted by Crippen LogP contribution is -2.53. The van der Waals surface area contributed by atoms with Crippen LogP contribution in [0.3, 0.4) is 0 Å². The zero-order valence-corrected chi connectivity index (χ0v) is 36.7. The molecule has 3 fully saturated rings. The van der Waals surface area contributed by atoms with Crippen LogP contribution >= 0.6 is 0 Å². The largest absolute Gasteiger partial charge is 0.453 e. The molecule has 4 amide bonds. The summed E-state index contributed by atoms with van der Waals surface area (Å²) in [6.45, 7) is 4.88. The van der Waals surface area contributed by atoms with Gasteiger partial charge in [-0.2, -0.15) is 0 Å². The summed E-state index contributed by atoms with van der Waals surface area (Å²) in [7, 11) is -0.630. The molecule has 3 saturated heterocycles. The highest BCUT2D eigenvalue weighted by Gasteiger charge is 2.42. The van der Waals surface area contributed by atoms with Crippen molar-refractivity contribution in [2.24, 2.45) is 11.8 Å². The molecule has 4 N–H and O–H groups in total. The molecule has 0 bridgehead atoms. The highest BCUT2D eigenvalue weighted by atomic mass is 32.2. The van der Waals surface area contributed by atoms with Gasteiger partial charge in [0.2, 0.25) is 11.8 Å². The molecule has 0 aliphatic carbocycles. The number of benzene rings is 3. The van der Waals surface area contributed by atoms with Gasteiger partial charge in [-0.25, -0.2) is 28.0 Å². The van der Waals surface area contributed by atoms with Gasteiger partial charge >= 0.3 is 12.2 Å². The average Bonchev–Trinajstić information content (AvgIpc) is 4.14. The molecule has 0 saturated carbocycles. The number of carbonyl (C=O) groups excluding carboxylic acids is 4. The maximum Gasteiger partial charge on any atom is 0.407 e. The van der Waals surface area contributed by atoms with Crippen LogP contribution < -0.4 is 10.6 Å². The van der Waals surface area contributed by atoms with E-state index in [-0.39, 0.29) is 47.2 Å². The summed E-state index contributed by atoms with van der Waals surface area (Å²) in [6.07, 6.45) is 5.89. The molecule has 16 nitrogen and oxygen atoms in total. The number of rotatable bonds is 11. The number of likely N-dealkylation sites (tertiary alicyclic amines) is 2. The van der Waals surface area contributed by atoms with Gasteiger partial charge in [-0.1, -0.05) is 62.4 Å². The van der Waals surface area contributed by atoms with Crippen molar-refractivity contribution in [3.63, 3.8) is 0 Å². The van der Waals surface area contributed by atoms with Crippen molar-refractivity contribution in [2.75, 3.05) is 38.8 Å². The molecule has 2 aromatic heterocycles. The van der Waals surface area contributed by atoms with Crippen LogP contribution in [0.5, 0.6) is 0 Å². The van der Waals surface area contributed by atoms with E-state index in [4.69, 9.17) is 19.4 Å². The molecule has 4 atom stereocenters. The molecule has 8 rings (SSSR count). The summed E-state index contributed by atoms with van der Waals surface area (Å²) < 4.78 is 33.8. The summed E-state index contributed by atoms with van der Waals surface area (Å²) in [5.41, 5.74) is 5.69. The highest BCUT2D eigenvalue weighted by Crippen LogP contribution is 2.36. The number of fused-ring (bicyclic) bond motifs is 1. The zero-order chi connectivity index (χ0) is 44.4. The summed E-state index contributed by atoms with van der Waals surface area (Å²) in [5, 5.41) is 7.55. The number of aromatic amines is 2. The van der Waals surface area contributed by atoms with Crippen LogP contribution in [-0.2, 0) is 28.9 Å². The van der Waals surface area contributed by atoms with Gasteiger partial charge in [-0.15, -0.1) is 0 Å². The molecule has 0 spiro atoms. The first-order valence-electron chi connectivity index (χ1n) is 21.6. The van der Waals surface area contributed by atoms with Crippen LogP contribution in [0.2, 0.25) is 0 Å². The molecule has 5 heterocycles. The minimum Gasteiger partial charge on any atom is -0.453 e. The maximum atomic E-state index is 14.0. The first-order chi connectivity index (χ1) is 30.3. The fraction of sp³-hybridized carbons (Fsp3) is 0.435. The number of sulfone groups is 1. The lowest BCUT2D eigenvalue weighted by molar-refractivity contribution is -0.136. The van der Waals surface area contributed by atoms with Gasteiger partial charge in [0.25, 0.3) is 0 Å². The molecule has 4 unspecified atom stereocenters. The van der Waals surface area contributed by atoms with E-state index in [0.29, 0.717) is 44.0 Å². The minimum absolute atomic E-state index is 0.0163. The number of alkyl carbamates (subject to hydrolysis) is 2. The molecule has 3 aromatic carbocycles. The number of hydrogen-bond donors (Lipinski definition) is 4. The van der Waals surface area contributed by atoms with E-state index in [1.54, 1.807) is 16.0 Å². The average molecular weight is 879 g/mol. The third kappa shape index (κ3) is 9.29. The van der Waals surface area contributed by atoms with Gasteiger partial charge in [0.05, 0.1) is 61.6 Å². The summed E-state index contributed by atoms with van der Waals surface area (Å²) in [6, 6.07) is 18.7. The molecule has 332 valence electrons. The lowest BCUT2D eigenvalue weighted by atomic mass is 9.92. The molecule has 17 heteroatoms. The Kier molecular flexibility index (Phi) is 12.6. The van der Waals surface area contributed by atoms with Crippen molar-refractivity contribution in [3.8, 4) is 33.6 Å². The standard InChI is InChI=1S/C46H54N8O8S/c1-27(2)39(51-45(57)61-3)43(55)53-19-5-7-37(53)42-48-26-36(50-42)34-16-15-32-23-31(13-14-33(32)24-34)28-9-11-29(12-10-28)35-25-47-41(49-35)38-8-6-20-54(38)44(56)40(52-46(58)62-4)30-17-21-63(59,60)22-18-30/h9-16,23-27,30,37-40H,5-8,17-22H2,1-4H3,(H,47,49)(H,48,50)(H,51,57)(H,52,58). The van der Waals surface area contributed by atoms with Gasteiger partial charge in [0, 0.05) is 18.7 Å². The van der Waals surface area contributed by atoms with E-state index < -0.39 is 34.1 Å². The molecule has 0 radical (unpaired) electrons. The number of methoxy groups -OCH3 is 2. The first-order valence-corrected chi connectivity index (χ1v) is 23.4. The second-order valence-electron chi connectivity index (χ2n) is 17.1. The Balaban J connectivity index is 0.934. The predicted octanol–water partition coefficient (Wildman–Crippen LogP) is 6.54. The van der Waals surface area contributed by atoms with Gasteiger partial charge in [-0.3, -0.25) is 9.59 Å². The summed E-state index contributed by atoms with van der Waals surface area (Å²) in [5.74, 6) is 0.498. The lowest BCUT2D eigenvalue weighted by Gasteiger charge is -2.34. The Bertz CT molecular complexity index is 2590. The molecule has 5 aromatic rings. The second kappa shape index (κ2) is 18.2. The Morgan fingerprint density at radius 2 is 1.16 bits per heavy atom. The van der Waals surface area contributed by atoms with Gasteiger partial charge in [0.15, 0.2) is 0 Å². The van der Waals surface area contributed by atoms with Crippen molar-refractivity contribution >= 4 is 44.6 Å². The molecule has 3 aliphatic heterocycles. The van der Waals surface area contributed by atoms with Gasteiger partial charge in [0.1, 0.15) is 33.6 Å². The van der Waals surface area contributed by atoms with Gasteiger partial charge < -0.3 is 39.9 Å². The number of nitrogens with zero attached hydrogens (tertiary/aromatic N) is 4. The van der Waals surface area contributed by atoms with Crippen molar-refractivity contribution in [3.05, 3.63) is 84.7 Å². The van der Waals surface area contributed by atoms with Crippen LogP contribution in [-0.4, -0.2) is 113 Å². The Hall–Kier alpha value is -6.23. The number of ether oxygens (including phenoxy) is 2. The summed E-state index contributed by atoms with van der Waals surface area (Å²) in [4.78, 5) is 71.8. The Labute approximate surface area is 366 Å². The quantitative estimate of drug-likeness (QED) is 0.113. The van der Waals surface area contributed by atoms with Crippen LogP contribution in [0.15, 0.2) is 73.1 Å². The maximum absolute atomic E-state index is 14.0. The monoisotopic (exact) mass is 878 g/mol. The predicted molar refractivity (Wildman–Crippen MR) is 237 cm³/mol. The van der Waals surface area contributed by atoms with Crippen LogP contribution in [0.25, 0.3) is 44.4 Å². The Morgan fingerprint density at radius 1 is 0.667 bits per heavy atom. The van der Waals surface area contributed by atoms with E-state index in [0.717, 1.165) is 63.7 Å². The fourth-order valence-corrected chi connectivity index (χ4v) is 10.8. The minimum atomic E-state index is -3.16. The number of nitrogens with one attached hydrogen (secondary N) is 4. The van der Waals surface area contributed by atoms with E-state index in [1.807, 2.05) is 32.2 Å². The topological polar surface area (TPSA) is 209 Å². The first kappa shape index (κ1) is 43.4. The fourth-order valence-electron chi connectivity index (χ4n) is 9.24. The number of aromatic nitrogens is 4. The third-order valence-electron chi connectivity index (χ3n) is 12.8. The molecular weight excluding hydrogens is 825 g/mol. The van der Waals surface area contributed by atoms with E-state index >= 15 is 0 Å². The SMILES string of the molecule is COC(=O)NC(C(=O)N1CCCC1c1ncc(-c2ccc3cc(-c4ccc(-c5cnc(C6CCCN6C(=O)C(NC(=O)OC)C6CCS(=O)(=O)CC6)[nH]5)cc4)ccc3c2)[nH]1)C(C)C. The number of amides is 4. The highest BCUT2D eigenvalue weighted by molar-refractivity contribution is 7.91. The molecular formula is C46H54N8O8S. The number of carbonyl (C=O) groups is 4. The van der Waals surface area contributed by atoms with Crippen molar-refractivity contribution in [1.29, 1.82) is 0 Å². The normalized spacial score (nSPS) is 19.8. The van der Waals surface area contributed by atoms with E-state index in [2.05, 4.69) is 69.1 Å². The van der Waals surface area contributed by atoms with Crippen molar-refractivity contribution in [2.45, 2.75) is 76.5 Å². The van der Waals surface area contributed by atoms with Crippen molar-refractivity contribution in [1.82, 2.24) is 40.4 Å².